The third-order valence-electron chi connectivity index (χ3n) is 2.63. The van der Waals surface area contributed by atoms with Crippen LogP contribution in [0.4, 0.5) is 5.82 Å². The molecule has 0 aliphatic rings. The number of amides is 1. The van der Waals surface area contributed by atoms with Crippen molar-refractivity contribution < 1.29 is 14.3 Å². The lowest BCUT2D eigenvalue weighted by Gasteiger charge is -2.05. The van der Waals surface area contributed by atoms with Gasteiger partial charge in [-0.3, -0.25) is 4.79 Å². The highest BCUT2D eigenvalue weighted by Crippen LogP contribution is 2.27. The van der Waals surface area contributed by atoms with Crippen molar-refractivity contribution in [2.24, 2.45) is 5.18 Å². The summed E-state index contributed by atoms with van der Waals surface area (Å²) in [6.45, 7) is 2.25. The van der Waals surface area contributed by atoms with Crippen molar-refractivity contribution in [2.45, 2.75) is 19.5 Å². The second-order valence-electron chi connectivity index (χ2n) is 4.13. The molecule has 0 aromatic carbocycles. The average Bonchev–Trinajstić information content (AvgIpc) is 3.11. The van der Waals surface area contributed by atoms with Crippen molar-refractivity contribution in [1.82, 2.24) is 15.0 Å². The Kier molecular flexibility index (Phi) is 5.31. The van der Waals surface area contributed by atoms with E-state index in [9.17, 15) is 14.5 Å². The minimum Gasteiger partial charge on any atom is -0.464 e. The molecule has 0 spiro atoms. The van der Waals surface area contributed by atoms with Crippen molar-refractivity contribution in [2.75, 3.05) is 11.9 Å². The van der Waals surface area contributed by atoms with Gasteiger partial charge >= 0.3 is 5.97 Å². The maximum atomic E-state index is 11.6. The molecule has 2 rings (SSSR count). The number of nitrogens with one attached hydrogen (secondary N) is 1. The largest absolute Gasteiger partial charge is 0.464 e. The van der Waals surface area contributed by atoms with Crippen molar-refractivity contribution in [1.29, 1.82) is 0 Å². The van der Waals surface area contributed by atoms with E-state index in [1.54, 1.807) is 25.3 Å². The second-order valence-corrected chi connectivity index (χ2v) is 5.33. The molecule has 1 atom stereocenters. The molecule has 116 valence electrons. The second kappa shape index (κ2) is 7.41. The fourth-order valence-electron chi connectivity index (χ4n) is 1.72. The molecule has 2 aromatic heterocycles. The first-order chi connectivity index (χ1) is 10.7. The van der Waals surface area contributed by atoms with E-state index in [2.05, 4.69) is 20.8 Å². The first kappa shape index (κ1) is 15.8. The van der Waals surface area contributed by atoms with Crippen LogP contribution in [0.2, 0.25) is 0 Å². The molecule has 2 aromatic rings. The van der Waals surface area contributed by atoms with Gasteiger partial charge in [-0.25, -0.2) is 9.48 Å². The Morgan fingerprint density at radius 1 is 1.59 bits per heavy atom. The molecule has 0 saturated carbocycles. The maximum absolute atomic E-state index is 11.6. The van der Waals surface area contributed by atoms with E-state index in [4.69, 9.17) is 4.74 Å². The summed E-state index contributed by atoms with van der Waals surface area (Å²) in [5.74, 6) is -0.324. The summed E-state index contributed by atoms with van der Waals surface area (Å²) in [6.07, 6.45) is 2.08. The predicted molar refractivity (Wildman–Crippen MR) is 78.3 cm³/mol. The summed E-state index contributed by atoms with van der Waals surface area (Å²) in [5.41, 5.74) is 0. The lowest BCUT2D eigenvalue weighted by Crippen LogP contribution is -2.12. The van der Waals surface area contributed by atoms with Gasteiger partial charge in [0, 0.05) is 9.75 Å². The van der Waals surface area contributed by atoms with Gasteiger partial charge in [-0.2, -0.15) is 0 Å². The molecule has 1 N–H and O–H groups in total. The molecule has 0 saturated heterocycles. The number of carbonyl (C=O) groups is 2. The summed E-state index contributed by atoms with van der Waals surface area (Å²) in [7, 11) is 0. The number of nitrogens with zero attached hydrogens (tertiary/aromatic N) is 4. The van der Waals surface area contributed by atoms with E-state index in [0.717, 1.165) is 4.88 Å². The molecular formula is C12H13N5O4S. The lowest BCUT2D eigenvalue weighted by atomic mass is 10.2. The number of ether oxygens (including phenoxy) is 1. The van der Waals surface area contributed by atoms with E-state index in [1.165, 1.54) is 16.0 Å². The Hall–Kier alpha value is -2.62. The van der Waals surface area contributed by atoms with Gasteiger partial charge in [-0.05, 0) is 24.2 Å². The summed E-state index contributed by atoms with van der Waals surface area (Å²) in [5, 5.41) is 12.8. The van der Waals surface area contributed by atoms with Crippen LogP contribution in [0.25, 0.3) is 0 Å². The van der Waals surface area contributed by atoms with Crippen molar-refractivity contribution in [3.8, 4) is 0 Å². The summed E-state index contributed by atoms with van der Waals surface area (Å²) < 4.78 is 6.34. The number of anilines is 1. The molecule has 22 heavy (non-hydrogen) atoms. The number of hydrogen-bond acceptors (Lipinski definition) is 8. The molecule has 1 amide bonds. The van der Waals surface area contributed by atoms with Crippen LogP contribution in [0, 0.1) is 4.91 Å². The van der Waals surface area contributed by atoms with E-state index < -0.39 is 12.0 Å². The third-order valence-corrected chi connectivity index (χ3v) is 3.75. The van der Waals surface area contributed by atoms with Crippen molar-refractivity contribution in [3.63, 3.8) is 0 Å². The number of carbonyl (C=O) groups excluding carboxylic acids is 2. The molecule has 0 aliphatic carbocycles. The van der Waals surface area contributed by atoms with Crippen LogP contribution in [-0.2, 0) is 20.9 Å². The Morgan fingerprint density at radius 2 is 2.41 bits per heavy atom. The first-order valence-corrected chi connectivity index (χ1v) is 7.17. The van der Waals surface area contributed by atoms with Crippen LogP contribution in [0.1, 0.15) is 22.7 Å². The van der Waals surface area contributed by atoms with Crippen LogP contribution >= 0.6 is 11.3 Å². The predicted octanol–water partition coefficient (Wildman–Crippen LogP) is 1.33. The summed E-state index contributed by atoms with van der Waals surface area (Å²) in [4.78, 5) is 34.2. The maximum Gasteiger partial charge on any atom is 0.340 e. The van der Waals surface area contributed by atoms with Gasteiger partial charge in [0.2, 0.25) is 12.5 Å². The normalized spacial score (nSPS) is 11.7. The van der Waals surface area contributed by atoms with Crippen LogP contribution in [-0.4, -0.2) is 34.0 Å². The summed E-state index contributed by atoms with van der Waals surface area (Å²) >= 11 is 1.26. The fourth-order valence-corrected chi connectivity index (χ4v) is 2.74. The molecule has 0 bridgehead atoms. The highest BCUT2D eigenvalue weighted by molar-refractivity contribution is 7.12. The topological polar surface area (TPSA) is 116 Å². The Bertz CT molecular complexity index is 668. The molecular weight excluding hydrogens is 310 g/mol. The Labute approximate surface area is 129 Å². The van der Waals surface area contributed by atoms with Gasteiger partial charge in [0.25, 0.3) is 0 Å². The number of aromatic nitrogens is 3. The van der Waals surface area contributed by atoms with E-state index in [-0.39, 0.29) is 6.61 Å². The van der Waals surface area contributed by atoms with Gasteiger partial charge in [-0.15, -0.1) is 21.3 Å². The van der Waals surface area contributed by atoms with Gasteiger partial charge in [0.15, 0.2) is 5.82 Å². The molecule has 2 heterocycles. The molecule has 0 fully saturated rings. The van der Waals surface area contributed by atoms with Crippen LogP contribution < -0.4 is 5.32 Å². The Balaban J connectivity index is 2.07. The van der Waals surface area contributed by atoms with Crippen LogP contribution in [0.15, 0.2) is 23.5 Å². The van der Waals surface area contributed by atoms with Crippen molar-refractivity contribution >= 4 is 29.5 Å². The van der Waals surface area contributed by atoms with Gasteiger partial charge in [0.05, 0.1) is 19.3 Å². The zero-order valence-electron chi connectivity index (χ0n) is 11.6. The smallest absolute Gasteiger partial charge is 0.340 e. The molecule has 0 aliphatic heterocycles. The van der Waals surface area contributed by atoms with E-state index in [1.807, 2.05) is 0 Å². The number of esters is 1. The SMILES string of the molecule is CCOC(=O)C(N=O)c1ccc(Cn2cc(NC=O)nn2)s1. The highest BCUT2D eigenvalue weighted by atomic mass is 32.1. The number of thiophene rings is 1. The van der Waals surface area contributed by atoms with Crippen LogP contribution in [0.3, 0.4) is 0 Å². The fraction of sp³-hybridized carbons (Fsp3) is 0.333. The first-order valence-electron chi connectivity index (χ1n) is 6.36. The average molecular weight is 323 g/mol. The monoisotopic (exact) mass is 323 g/mol. The van der Waals surface area contributed by atoms with Gasteiger partial charge < -0.3 is 10.1 Å². The van der Waals surface area contributed by atoms with Crippen molar-refractivity contribution in [3.05, 3.63) is 33.0 Å². The lowest BCUT2D eigenvalue weighted by molar-refractivity contribution is -0.144. The molecule has 9 nitrogen and oxygen atoms in total. The molecule has 1 unspecified atom stereocenters. The minimum atomic E-state index is -1.15. The van der Waals surface area contributed by atoms with Crippen LogP contribution in [0.5, 0.6) is 0 Å². The number of rotatable bonds is 8. The number of nitroso groups, excluding NO2 is 1. The molecule has 0 radical (unpaired) electrons. The third kappa shape index (κ3) is 3.73. The van der Waals surface area contributed by atoms with E-state index >= 15 is 0 Å². The highest BCUT2D eigenvalue weighted by Gasteiger charge is 2.24. The molecule has 10 heteroatoms. The van der Waals surface area contributed by atoms with E-state index in [0.29, 0.717) is 23.6 Å². The Morgan fingerprint density at radius 3 is 3.09 bits per heavy atom. The van der Waals surface area contributed by atoms with Gasteiger partial charge in [0.1, 0.15) is 0 Å². The minimum absolute atomic E-state index is 0.189. The van der Waals surface area contributed by atoms with Gasteiger partial charge in [-0.1, -0.05) is 5.21 Å². The number of hydrogen-bond donors (Lipinski definition) is 1. The summed E-state index contributed by atoms with van der Waals surface area (Å²) in [6, 6.07) is 2.28. The quantitative estimate of drug-likeness (QED) is 0.445. The standard InChI is InChI=1S/C12H13N5O4S/c1-2-21-12(19)11(15-20)9-4-3-8(22-9)5-17-6-10(13-7-18)14-16-17/h3-4,6-7,11H,2,5H2,1H3,(H,13,18). The zero-order chi connectivity index (χ0) is 15.9. The zero-order valence-corrected chi connectivity index (χ0v) is 12.4.